The molecule has 8 nitrogen and oxygen atoms in total. The molecule has 10 heteroatoms. The van der Waals surface area contributed by atoms with Gasteiger partial charge in [0.05, 0.1) is 18.0 Å². The summed E-state index contributed by atoms with van der Waals surface area (Å²) in [6.07, 6.45) is 7.09. The van der Waals surface area contributed by atoms with E-state index in [-0.39, 0.29) is 17.5 Å². The SMILES string of the molecule is COc1ccccc1Nc1nnc(SC(C)C(=O)NC(=O)NC23CC4CC(CC(C4)C2)C3)s1. The molecule has 0 radical (unpaired) electrons. The average molecular weight is 488 g/mol. The van der Waals surface area contributed by atoms with Gasteiger partial charge in [0.1, 0.15) is 5.75 Å². The zero-order chi connectivity index (χ0) is 23.0. The molecule has 4 fully saturated rings. The number of aromatic nitrogens is 2. The monoisotopic (exact) mass is 487 g/mol. The van der Waals surface area contributed by atoms with Crippen LogP contribution in [0.5, 0.6) is 5.75 Å². The number of amides is 3. The highest BCUT2D eigenvalue weighted by Crippen LogP contribution is 2.55. The number of benzene rings is 1. The molecule has 0 spiro atoms. The number of imide groups is 1. The summed E-state index contributed by atoms with van der Waals surface area (Å²) in [5.41, 5.74) is 0.674. The molecule has 4 saturated carbocycles. The molecule has 33 heavy (non-hydrogen) atoms. The molecular weight excluding hydrogens is 458 g/mol. The first-order chi connectivity index (χ1) is 15.9. The first kappa shape index (κ1) is 22.5. The molecule has 4 bridgehead atoms. The van der Waals surface area contributed by atoms with Crippen LogP contribution < -0.4 is 20.7 Å². The van der Waals surface area contributed by atoms with Crippen molar-refractivity contribution in [1.29, 1.82) is 0 Å². The van der Waals surface area contributed by atoms with E-state index in [2.05, 4.69) is 26.1 Å². The summed E-state index contributed by atoms with van der Waals surface area (Å²) >= 11 is 2.64. The van der Waals surface area contributed by atoms with Gasteiger partial charge in [-0.2, -0.15) is 0 Å². The number of para-hydroxylation sites is 2. The van der Waals surface area contributed by atoms with Crippen LogP contribution in [-0.4, -0.2) is 40.0 Å². The van der Waals surface area contributed by atoms with Crippen molar-refractivity contribution in [3.05, 3.63) is 24.3 Å². The molecule has 1 aromatic heterocycles. The van der Waals surface area contributed by atoms with Gasteiger partial charge in [-0.15, -0.1) is 10.2 Å². The largest absolute Gasteiger partial charge is 0.495 e. The minimum absolute atomic E-state index is 0.117. The minimum atomic E-state index is -0.473. The van der Waals surface area contributed by atoms with Crippen molar-refractivity contribution in [2.45, 2.75) is 60.6 Å². The fourth-order valence-electron chi connectivity index (χ4n) is 6.13. The van der Waals surface area contributed by atoms with Crippen LogP contribution in [0.3, 0.4) is 0 Å². The normalized spacial score (nSPS) is 28.2. The van der Waals surface area contributed by atoms with Crippen LogP contribution >= 0.6 is 23.1 Å². The zero-order valence-corrected chi connectivity index (χ0v) is 20.4. The van der Waals surface area contributed by atoms with E-state index in [0.717, 1.165) is 42.7 Å². The Hall–Kier alpha value is -2.33. The van der Waals surface area contributed by atoms with Crippen molar-refractivity contribution < 1.29 is 14.3 Å². The lowest BCUT2D eigenvalue weighted by Crippen LogP contribution is -2.62. The summed E-state index contributed by atoms with van der Waals surface area (Å²) in [5, 5.41) is 17.4. The summed E-state index contributed by atoms with van der Waals surface area (Å²) in [7, 11) is 1.61. The van der Waals surface area contributed by atoms with Gasteiger partial charge in [-0.1, -0.05) is 35.2 Å². The van der Waals surface area contributed by atoms with Gasteiger partial charge in [0.25, 0.3) is 0 Å². The van der Waals surface area contributed by atoms with Gasteiger partial charge in [0, 0.05) is 5.54 Å². The van der Waals surface area contributed by atoms with Crippen LogP contribution in [0.25, 0.3) is 0 Å². The number of ether oxygens (including phenoxy) is 1. The number of hydrogen-bond acceptors (Lipinski definition) is 8. The topological polar surface area (TPSA) is 105 Å². The maximum atomic E-state index is 12.7. The first-order valence-corrected chi connectivity index (χ1v) is 13.1. The molecule has 3 amide bonds. The summed E-state index contributed by atoms with van der Waals surface area (Å²) < 4.78 is 5.99. The molecule has 6 rings (SSSR count). The van der Waals surface area contributed by atoms with Crippen LogP contribution in [0.2, 0.25) is 0 Å². The molecule has 0 saturated heterocycles. The van der Waals surface area contributed by atoms with Crippen molar-refractivity contribution in [2.24, 2.45) is 17.8 Å². The maximum Gasteiger partial charge on any atom is 0.321 e. The quantitative estimate of drug-likeness (QED) is 0.492. The minimum Gasteiger partial charge on any atom is -0.495 e. The van der Waals surface area contributed by atoms with Crippen LogP contribution in [0, 0.1) is 17.8 Å². The van der Waals surface area contributed by atoms with Crippen LogP contribution in [0.1, 0.15) is 45.4 Å². The number of nitrogens with one attached hydrogen (secondary N) is 3. The summed E-state index contributed by atoms with van der Waals surface area (Å²) in [6.45, 7) is 1.77. The van der Waals surface area contributed by atoms with E-state index in [4.69, 9.17) is 4.74 Å². The number of methoxy groups -OCH3 is 1. The smallest absolute Gasteiger partial charge is 0.321 e. The maximum absolute atomic E-state index is 12.7. The third-order valence-electron chi connectivity index (χ3n) is 7.06. The van der Waals surface area contributed by atoms with Gasteiger partial charge in [0.15, 0.2) is 4.34 Å². The Balaban J connectivity index is 1.13. The molecule has 4 aliphatic rings. The Kier molecular flexibility index (Phi) is 6.22. The van der Waals surface area contributed by atoms with E-state index in [1.165, 1.54) is 42.4 Å². The van der Waals surface area contributed by atoms with Gasteiger partial charge in [-0.05, 0) is 75.3 Å². The standard InChI is InChI=1S/C23H29N5O3S2/c1-13(32-22-28-27-21(33-22)24-17-5-3-4-6-18(17)31-2)19(29)25-20(30)26-23-10-14-7-15(11-23)9-16(8-14)12-23/h3-6,13-16H,7-12H2,1-2H3,(H,24,27)(H2,25,26,29,30). The Morgan fingerprint density at radius 2 is 1.79 bits per heavy atom. The Morgan fingerprint density at radius 3 is 2.45 bits per heavy atom. The van der Waals surface area contributed by atoms with E-state index in [9.17, 15) is 9.59 Å². The Morgan fingerprint density at radius 1 is 1.12 bits per heavy atom. The second-order valence-electron chi connectivity index (χ2n) is 9.60. The molecule has 0 aliphatic heterocycles. The number of carbonyl (C=O) groups is 2. The molecule has 2 aromatic rings. The van der Waals surface area contributed by atoms with Crippen molar-refractivity contribution in [2.75, 3.05) is 12.4 Å². The van der Waals surface area contributed by atoms with Crippen molar-refractivity contribution in [3.63, 3.8) is 0 Å². The number of nitrogens with zero attached hydrogens (tertiary/aromatic N) is 2. The lowest BCUT2D eigenvalue weighted by atomic mass is 9.53. The third-order valence-corrected chi connectivity index (χ3v) is 9.08. The second-order valence-corrected chi connectivity index (χ2v) is 12.2. The fourth-order valence-corrected chi connectivity index (χ4v) is 8.03. The molecule has 3 N–H and O–H groups in total. The highest BCUT2D eigenvalue weighted by atomic mass is 32.2. The van der Waals surface area contributed by atoms with Gasteiger partial charge in [-0.3, -0.25) is 10.1 Å². The molecule has 1 unspecified atom stereocenters. The molecule has 176 valence electrons. The molecule has 1 atom stereocenters. The third kappa shape index (κ3) is 4.96. The lowest BCUT2D eigenvalue weighted by Gasteiger charge is -2.56. The number of anilines is 2. The van der Waals surface area contributed by atoms with E-state index in [1.54, 1.807) is 14.0 Å². The van der Waals surface area contributed by atoms with E-state index in [1.807, 2.05) is 24.3 Å². The second kappa shape index (κ2) is 9.13. The van der Waals surface area contributed by atoms with E-state index in [0.29, 0.717) is 15.2 Å². The molecule has 1 heterocycles. The average Bonchev–Trinajstić information content (AvgIpc) is 3.19. The Labute approximate surface area is 201 Å². The highest BCUT2D eigenvalue weighted by molar-refractivity contribution is 8.02. The van der Waals surface area contributed by atoms with Gasteiger partial charge in [0.2, 0.25) is 11.0 Å². The molecule has 4 aliphatic carbocycles. The van der Waals surface area contributed by atoms with Gasteiger partial charge in [-0.25, -0.2) is 4.79 Å². The summed E-state index contributed by atoms with van der Waals surface area (Å²) in [4.78, 5) is 25.3. The van der Waals surface area contributed by atoms with Crippen LogP contribution in [0.15, 0.2) is 28.6 Å². The van der Waals surface area contributed by atoms with Crippen LogP contribution in [-0.2, 0) is 4.79 Å². The fraction of sp³-hybridized carbons (Fsp3) is 0.565. The summed E-state index contributed by atoms with van der Waals surface area (Å²) in [5.74, 6) is 2.59. The van der Waals surface area contributed by atoms with Gasteiger partial charge >= 0.3 is 6.03 Å². The van der Waals surface area contributed by atoms with Crippen molar-refractivity contribution in [3.8, 4) is 5.75 Å². The first-order valence-electron chi connectivity index (χ1n) is 11.4. The molecule has 1 aromatic carbocycles. The van der Waals surface area contributed by atoms with E-state index < -0.39 is 5.25 Å². The molecular formula is C23H29N5O3S2. The predicted octanol–water partition coefficient (Wildman–Crippen LogP) is 4.57. The van der Waals surface area contributed by atoms with Crippen molar-refractivity contribution in [1.82, 2.24) is 20.8 Å². The number of hydrogen-bond donors (Lipinski definition) is 3. The number of rotatable bonds is 7. The Bertz CT molecular complexity index is 1010. The predicted molar refractivity (Wildman–Crippen MR) is 129 cm³/mol. The number of urea groups is 1. The number of carbonyl (C=O) groups excluding carboxylic acids is 2. The highest BCUT2D eigenvalue weighted by Gasteiger charge is 2.51. The van der Waals surface area contributed by atoms with Gasteiger partial charge < -0.3 is 15.4 Å². The van der Waals surface area contributed by atoms with Crippen molar-refractivity contribution >= 4 is 45.9 Å². The lowest BCUT2D eigenvalue weighted by molar-refractivity contribution is -0.119. The van der Waals surface area contributed by atoms with Crippen LogP contribution in [0.4, 0.5) is 15.6 Å². The zero-order valence-electron chi connectivity index (χ0n) is 18.8. The number of thioether (sulfide) groups is 1. The summed E-state index contributed by atoms with van der Waals surface area (Å²) in [6, 6.07) is 7.18. The van der Waals surface area contributed by atoms with E-state index >= 15 is 0 Å².